The van der Waals surface area contributed by atoms with Crippen molar-refractivity contribution < 1.29 is 0 Å². The molecule has 0 heterocycles. The van der Waals surface area contributed by atoms with Crippen molar-refractivity contribution in [2.45, 2.75) is 40.0 Å². The van der Waals surface area contributed by atoms with Crippen LogP contribution in [0.5, 0.6) is 0 Å². The fourth-order valence-electron chi connectivity index (χ4n) is 1.66. The molecule has 1 aromatic rings. The third-order valence-electron chi connectivity index (χ3n) is 2.55. The summed E-state index contributed by atoms with van der Waals surface area (Å²) in [5.41, 5.74) is 4.15. The lowest BCUT2D eigenvalue weighted by atomic mass is 9.92. The molecule has 1 rings (SSSR count). The molecular weight excluding hydrogens is 168 g/mol. The maximum absolute atomic E-state index is 3.14. The summed E-state index contributed by atoms with van der Waals surface area (Å²) < 4.78 is 0. The summed E-state index contributed by atoms with van der Waals surface area (Å²) in [6.07, 6.45) is 0.959. The fourth-order valence-corrected chi connectivity index (χ4v) is 1.66. The maximum Gasteiger partial charge on any atom is 0.0155 e. The summed E-state index contributed by atoms with van der Waals surface area (Å²) in [5.74, 6) is 6.64. The lowest BCUT2D eigenvalue weighted by molar-refractivity contribution is 0.787. The van der Waals surface area contributed by atoms with Gasteiger partial charge in [0.2, 0.25) is 0 Å². The van der Waals surface area contributed by atoms with Gasteiger partial charge in [-0.15, -0.1) is 11.8 Å². The maximum atomic E-state index is 3.14. The van der Waals surface area contributed by atoms with Gasteiger partial charge in [-0.05, 0) is 37.8 Å². The van der Waals surface area contributed by atoms with Gasteiger partial charge in [0.15, 0.2) is 0 Å². The van der Waals surface area contributed by atoms with E-state index in [1.54, 1.807) is 0 Å². The van der Waals surface area contributed by atoms with E-state index in [9.17, 15) is 0 Å². The highest BCUT2D eigenvalue weighted by molar-refractivity contribution is 5.33. The van der Waals surface area contributed by atoms with Crippen LogP contribution in [0.3, 0.4) is 0 Å². The standard InChI is InChI=1S/C14H18/c1-5-6-7-12(3)14-10-11(2)8-9-13(14)4/h8-10,12H,7H2,1-4H3. The van der Waals surface area contributed by atoms with E-state index in [-0.39, 0.29) is 0 Å². The van der Waals surface area contributed by atoms with Crippen molar-refractivity contribution >= 4 is 0 Å². The quantitative estimate of drug-likeness (QED) is 0.616. The van der Waals surface area contributed by atoms with Crippen LogP contribution in [0.1, 0.15) is 42.9 Å². The summed E-state index contributed by atoms with van der Waals surface area (Å²) >= 11 is 0. The first-order chi connectivity index (χ1) is 6.65. The second kappa shape index (κ2) is 4.86. The van der Waals surface area contributed by atoms with Crippen LogP contribution in [0.15, 0.2) is 18.2 Å². The molecule has 0 nitrogen and oxygen atoms in total. The van der Waals surface area contributed by atoms with Crippen LogP contribution in [0, 0.1) is 25.7 Å². The first-order valence-corrected chi connectivity index (χ1v) is 5.12. The van der Waals surface area contributed by atoms with Gasteiger partial charge in [0.1, 0.15) is 0 Å². The Labute approximate surface area is 87.4 Å². The Balaban J connectivity index is 2.91. The van der Waals surface area contributed by atoms with Crippen molar-refractivity contribution in [3.8, 4) is 11.8 Å². The van der Waals surface area contributed by atoms with Crippen molar-refractivity contribution in [1.82, 2.24) is 0 Å². The average Bonchev–Trinajstić information content (AvgIpc) is 2.18. The van der Waals surface area contributed by atoms with E-state index in [1.165, 1.54) is 16.7 Å². The molecule has 1 aromatic carbocycles. The van der Waals surface area contributed by atoms with Gasteiger partial charge in [-0.1, -0.05) is 30.7 Å². The van der Waals surface area contributed by atoms with E-state index in [1.807, 2.05) is 6.92 Å². The highest BCUT2D eigenvalue weighted by Crippen LogP contribution is 2.23. The van der Waals surface area contributed by atoms with Gasteiger partial charge >= 0.3 is 0 Å². The van der Waals surface area contributed by atoms with Gasteiger partial charge in [0.05, 0.1) is 0 Å². The molecule has 0 aliphatic carbocycles. The van der Waals surface area contributed by atoms with Crippen LogP contribution in [-0.2, 0) is 0 Å². The Morgan fingerprint density at radius 3 is 2.64 bits per heavy atom. The molecule has 0 bridgehead atoms. The Morgan fingerprint density at radius 1 is 1.29 bits per heavy atom. The molecule has 74 valence electrons. The van der Waals surface area contributed by atoms with Gasteiger partial charge in [-0.25, -0.2) is 0 Å². The van der Waals surface area contributed by atoms with Crippen molar-refractivity contribution in [3.63, 3.8) is 0 Å². The van der Waals surface area contributed by atoms with E-state index in [2.05, 4.69) is 50.8 Å². The van der Waals surface area contributed by atoms with Gasteiger partial charge in [0.25, 0.3) is 0 Å². The predicted octanol–water partition coefficient (Wildman–Crippen LogP) is 3.82. The zero-order valence-electron chi connectivity index (χ0n) is 9.52. The minimum Gasteiger partial charge on any atom is -0.107 e. The molecule has 0 saturated heterocycles. The Hall–Kier alpha value is -1.22. The molecule has 0 saturated carbocycles. The Morgan fingerprint density at radius 2 is 2.00 bits per heavy atom. The number of hydrogen-bond acceptors (Lipinski definition) is 0. The second-order valence-corrected chi connectivity index (χ2v) is 3.89. The molecule has 14 heavy (non-hydrogen) atoms. The highest BCUT2D eigenvalue weighted by atomic mass is 14.1. The fraction of sp³-hybridized carbons (Fsp3) is 0.429. The first-order valence-electron chi connectivity index (χ1n) is 5.12. The molecule has 1 unspecified atom stereocenters. The molecule has 1 atom stereocenters. The number of rotatable bonds is 2. The number of benzene rings is 1. The van der Waals surface area contributed by atoms with Gasteiger partial charge in [-0.2, -0.15) is 0 Å². The van der Waals surface area contributed by atoms with E-state index < -0.39 is 0 Å². The summed E-state index contributed by atoms with van der Waals surface area (Å²) in [6, 6.07) is 6.63. The number of aryl methyl sites for hydroxylation is 2. The van der Waals surface area contributed by atoms with Crippen LogP contribution in [0.2, 0.25) is 0 Å². The molecule has 0 aliphatic rings. The number of hydrogen-bond donors (Lipinski definition) is 0. The zero-order valence-corrected chi connectivity index (χ0v) is 9.52. The normalized spacial score (nSPS) is 11.7. The van der Waals surface area contributed by atoms with Crippen LogP contribution < -0.4 is 0 Å². The molecular formula is C14H18. The largest absolute Gasteiger partial charge is 0.107 e. The molecule has 0 radical (unpaired) electrons. The minimum atomic E-state index is 0.544. The molecule has 0 aromatic heterocycles. The van der Waals surface area contributed by atoms with Crippen LogP contribution >= 0.6 is 0 Å². The van der Waals surface area contributed by atoms with Gasteiger partial charge in [-0.3, -0.25) is 0 Å². The molecule has 0 heteroatoms. The lowest BCUT2D eigenvalue weighted by Crippen LogP contribution is -1.96. The molecule has 0 amide bonds. The monoisotopic (exact) mass is 186 g/mol. The molecule has 0 aliphatic heterocycles. The summed E-state index contributed by atoms with van der Waals surface area (Å²) in [4.78, 5) is 0. The van der Waals surface area contributed by atoms with Gasteiger partial charge in [0, 0.05) is 6.42 Å². The van der Waals surface area contributed by atoms with Crippen molar-refractivity contribution in [2.24, 2.45) is 0 Å². The molecule has 0 spiro atoms. The first kappa shape index (κ1) is 10.9. The van der Waals surface area contributed by atoms with Crippen LogP contribution in [-0.4, -0.2) is 0 Å². The SMILES string of the molecule is CC#CCC(C)c1cc(C)ccc1C. The Bertz CT molecular complexity index is 363. The molecule has 0 N–H and O–H groups in total. The third kappa shape index (κ3) is 2.64. The summed E-state index contributed by atoms with van der Waals surface area (Å²) in [7, 11) is 0. The van der Waals surface area contributed by atoms with E-state index in [4.69, 9.17) is 0 Å². The average molecular weight is 186 g/mol. The third-order valence-corrected chi connectivity index (χ3v) is 2.55. The van der Waals surface area contributed by atoms with Gasteiger partial charge < -0.3 is 0 Å². The van der Waals surface area contributed by atoms with E-state index in [0.29, 0.717) is 5.92 Å². The lowest BCUT2D eigenvalue weighted by Gasteiger charge is -2.12. The molecule has 0 fully saturated rings. The highest BCUT2D eigenvalue weighted by Gasteiger charge is 2.06. The van der Waals surface area contributed by atoms with E-state index in [0.717, 1.165) is 6.42 Å². The predicted molar refractivity (Wildman–Crippen MR) is 62.4 cm³/mol. The van der Waals surface area contributed by atoms with Crippen molar-refractivity contribution in [3.05, 3.63) is 34.9 Å². The topological polar surface area (TPSA) is 0 Å². The van der Waals surface area contributed by atoms with Crippen LogP contribution in [0.4, 0.5) is 0 Å². The zero-order chi connectivity index (χ0) is 10.6. The Kier molecular flexibility index (Phi) is 3.77. The second-order valence-electron chi connectivity index (χ2n) is 3.89. The summed E-state index contributed by atoms with van der Waals surface area (Å²) in [5, 5.41) is 0. The minimum absolute atomic E-state index is 0.544. The summed E-state index contributed by atoms with van der Waals surface area (Å²) in [6.45, 7) is 8.45. The van der Waals surface area contributed by atoms with Crippen molar-refractivity contribution in [1.29, 1.82) is 0 Å². The van der Waals surface area contributed by atoms with Crippen LogP contribution in [0.25, 0.3) is 0 Å². The smallest absolute Gasteiger partial charge is 0.0155 e. The van der Waals surface area contributed by atoms with E-state index >= 15 is 0 Å². The van der Waals surface area contributed by atoms with Crippen molar-refractivity contribution in [2.75, 3.05) is 0 Å².